The Balaban J connectivity index is 1.88. The minimum atomic E-state index is 0.521. The van der Waals surface area contributed by atoms with Gasteiger partial charge in [-0.25, -0.2) is 0 Å². The second kappa shape index (κ2) is 4.94. The molecule has 1 atom stereocenters. The highest BCUT2D eigenvalue weighted by atomic mass is 16.5. The number of pyridine rings is 1. The molecule has 0 bridgehead atoms. The summed E-state index contributed by atoms with van der Waals surface area (Å²) in [5.41, 5.74) is 1.14. The molecule has 0 saturated carbocycles. The van der Waals surface area contributed by atoms with Gasteiger partial charge in [-0.3, -0.25) is 4.98 Å². The molecule has 1 unspecified atom stereocenters. The standard InChI is InChI=1S/C12H16N2O/c1-2-3-10-6-12(8-13-7-10)15-9-11-4-5-14-11/h2,6-8,11,14H,1,3-5,9H2. The van der Waals surface area contributed by atoms with Crippen LogP contribution in [0.4, 0.5) is 0 Å². The van der Waals surface area contributed by atoms with Crippen LogP contribution in [0, 0.1) is 0 Å². The van der Waals surface area contributed by atoms with E-state index >= 15 is 0 Å². The first kappa shape index (κ1) is 10.2. The molecule has 15 heavy (non-hydrogen) atoms. The van der Waals surface area contributed by atoms with Gasteiger partial charge < -0.3 is 10.1 Å². The fourth-order valence-corrected chi connectivity index (χ4v) is 1.51. The Kier molecular flexibility index (Phi) is 3.35. The van der Waals surface area contributed by atoms with Gasteiger partial charge in [-0.15, -0.1) is 6.58 Å². The maximum absolute atomic E-state index is 5.64. The van der Waals surface area contributed by atoms with Gasteiger partial charge in [0.05, 0.1) is 6.20 Å². The predicted molar refractivity (Wildman–Crippen MR) is 60.0 cm³/mol. The lowest BCUT2D eigenvalue weighted by Crippen LogP contribution is -2.46. The molecule has 0 amide bonds. The maximum Gasteiger partial charge on any atom is 0.137 e. The molecule has 2 rings (SSSR count). The average molecular weight is 204 g/mol. The van der Waals surface area contributed by atoms with E-state index in [1.807, 2.05) is 18.3 Å². The first-order valence-electron chi connectivity index (χ1n) is 5.29. The third-order valence-electron chi connectivity index (χ3n) is 2.53. The molecule has 0 spiro atoms. The van der Waals surface area contributed by atoms with E-state index in [-0.39, 0.29) is 0 Å². The van der Waals surface area contributed by atoms with Crippen molar-refractivity contribution in [2.24, 2.45) is 0 Å². The quantitative estimate of drug-likeness (QED) is 0.739. The number of aromatic nitrogens is 1. The number of allylic oxidation sites excluding steroid dienone is 1. The van der Waals surface area contributed by atoms with E-state index in [0.717, 1.165) is 30.9 Å². The molecule has 1 aromatic heterocycles. The largest absolute Gasteiger partial charge is 0.490 e. The SMILES string of the molecule is C=CCc1cncc(OCC2CCN2)c1. The van der Waals surface area contributed by atoms with Crippen molar-refractivity contribution in [1.29, 1.82) is 0 Å². The Morgan fingerprint density at radius 2 is 2.47 bits per heavy atom. The number of nitrogens with one attached hydrogen (secondary N) is 1. The van der Waals surface area contributed by atoms with Crippen molar-refractivity contribution in [2.45, 2.75) is 18.9 Å². The first-order chi connectivity index (χ1) is 7.38. The molecule has 1 saturated heterocycles. The van der Waals surface area contributed by atoms with Gasteiger partial charge in [0.15, 0.2) is 0 Å². The maximum atomic E-state index is 5.64. The molecule has 1 aliphatic rings. The fraction of sp³-hybridized carbons (Fsp3) is 0.417. The van der Waals surface area contributed by atoms with Crippen LogP contribution in [0.15, 0.2) is 31.1 Å². The normalized spacial score (nSPS) is 19.3. The molecule has 80 valence electrons. The summed E-state index contributed by atoms with van der Waals surface area (Å²) in [7, 11) is 0. The van der Waals surface area contributed by atoms with Crippen LogP contribution in [0.1, 0.15) is 12.0 Å². The van der Waals surface area contributed by atoms with Crippen molar-refractivity contribution in [2.75, 3.05) is 13.2 Å². The second-order valence-corrected chi connectivity index (χ2v) is 3.77. The summed E-state index contributed by atoms with van der Waals surface area (Å²) in [6, 6.07) is 2.54. The van der Waals surface area contributed by atoms with Crippen LogP contribution in [-0.4, -0.2) is 24.2 Å². The van der Waals surface area contributed by atoms with Gasteiger partial charge in [-0.2, -0.15) is 0 Å². The molecule has 1 aliphatic heterocycles. The van der Waals surface area contributed by atoms with Gasteiger partial charge in [0.1, 0.15) is 12.4 Å². The van der Waals surface area contributed by atoms with Crippen molar-refractivity contribution in [1.82, 2.24) is 10.3 Å². The van der Waals surface area contributed by atoms with E-state index in [4.69, 9.17) is 4.74 Å². The minimum absolute atomic E-state index is 0.521. The van der Waals surface area contributed by atoms with Crippen molar-refractivity contribution < 1.29 is 4.74 Å². The highest BCUT2D eigenvalue weighted by molar-refractivity contribution is 5.24. The lowest BCUT2D eigenvalue weighted by molar-refractivity contribution is 0.217. The van der Waals surface area contributed by atoms with Gasteiger partial charge in [-0.1, -0.05) is 6.08 Å². The molecular formula is C12H16N2O. The van der Waals surface area contributed by atoms with Gasteiger partial charge in [0.25, 0.3) is 0 Å². The summed E-state index contributed by atoms with van der Waals surface area (Å²) >= 11 is 0. The van der Waals surface area contributed by atoms with Gasteiger partial charge in [-0.05, 0) is 31.0 Å². The smallest absolute Gasteiger partial charge is 0.137 e. The number of hydrogen-bond acceptors (Lipinski definition) is 3. The Labute approximate surface area is 90.2 Å². The van der Waals surface area contributed by atoms with Crippen LogP contribution in [0.25, 0.3) is 0 Å². The third kappa shape index (κ3) is 2.80. The minimum Gasteiger partial charge on any atom is -0.490 e. The summed E-state index contributed by atoms with van der Waals surface area (Å²) in [5, 5.41) is 3.29. The molecule has 3 heteroatoms. The second-order valence-electron chi connectivity index (χ2n) is 3.77. The molecule has 0 radical (unpaired) electrons. The topological polar surface area (TPSA) is 34.1 Å². The van der Waals surface area contributed by atoms with Crippen LogP contribution in [0.5, 0.6) is 5.75 Å². The van der Waals surface area contributed by atoms with Crippen LogP contribution >= 0.6 is 0 Å². The van der Waals surface area contributed by atoms with Crippen molar-refractivity contribution in [3.05, 3.63) is 36.7 Å². The molecule has 1 aromatic rings. The molecule has 0 aromatic carbocycles. The molecule has 2 heterocycles. The third-order valence-corrected chi connectivity index (χ3v) is 2.53. The molecule has 3 nitrogen and oxygen atoms in total. The first-order valence-corrected chi connectivity index (χ1v) is 5.29. The van der Waals surface area contributed by atoms with E-state index < -0.39 is 0 Å². The van der Waals surface area contributed by atoms with Crippen molar-refractivity contribution >= 4 is 0 Å². The summed E-state index contributed by atoms with van der Waals surface area (Å²) in [4.78, 5) is 4.13. The summed E-state index contributed by atoms with van der Waals surface area (Å²) < 4.78 is 5.64. The summed E-state index contributed by atoms with van der Waals surface area (Å²) in [5.74, 6) is 0.850. The number of rotatable bonds is 5. The Bertz CT molecular complexity index is 334. The molecule has 0 aliphatic carbocycles. The zero-order chi connectivity index (χ0) is 10.5. The predicted octanol–water partition coefficient (Wildman–Crippen LogP) is 1.55. The van der Waals surface area contributed by atoms with Crippen molar-refractivity contribution in [3.8, 4) is 5.75 Å². The van der Waals surface area contributed by atoms with Gasteiger partial charge in [0, 0.05) is 12.2 Å². The molecular weight excluding hydrogens is 188 g/mol. The molecule has 1 fully saturated rings. The van der Waals surface area contributed by atoms with E-state index in [1.165, 1.54) is 6.42 Å². The highest BCUT2D eigenvalue weighted by Gasteiger charge is 2.16. The summed E-state index contributed by atoms with van der Waals surface area (Å²) in [6.45, 7) is 5.55. The Morgan fingerprint density at radius 1 is 1.60 bits per heavy atom. The highest BCUT2D eigenvalue weighted by Crippen LogP contribution is 2.13. The van der Waals surface area contributed by atoms with E-state index in [1.54, 1.807) is 6.20 Å². The zero-order valence-corrected chi connectivity index (χ0v) is 8.78. The van der Waals surface area contributed by atoms with Crippen LogP contribution in [0.3, 0.4) is 0 Å². The lowest BCUT2D eigenvalue weighted by atomic mass is 10.1. The van der Waals surface area contributed by atoms with Crippen LogP contribution in [-0.2, 0) is 6.42 Å². The zero-order valence-electron chi connectivity index (χ0n) is 8.78. The van der Waals surface area contributed by atoms with Crippen LogP contribution < -0.4 is 10.1 Å². The van der Waals surface area contributed by atoms with Gasteiger partial charge in [0.2, 0.25) is 0 Å². The van der Waals surface area contributed by atoms with Gasteiger partial charge >= 0.3 is 0 Å². The monoisotopic (exact) mass is 204 g/mol. The summed E-state index contributed by atoms with van der Waals surface area (Å²) in [6.07, 6.45) is 7.52. The Morgan fingerprint density at radius 3 is 3.13 bits per heavy atom. The van der Waals surface area contributed by atoms with E-state index in [2.05, 4.69) is 16.9 Å². The fourth-order valence-electron chi connectivity index (χ4n) is 1.51. The lowest BCUT2D eigenvalue weighted by Gasteiger charge is -2.27. The number of ether oxygens (including phenoxy) is 1. The van der Waals surface area contributed by atoms with Crippen LogP contribution in [0.2, 0.25) is 0 Å². The van der Waals surface area contributed by atoms with E-state index in [9.17, 15) is 0 Å². The van der Waals surface area contributed by atoms with Crippen molar-refractivity contribution in [3.63, 3.8) is 0 Å². The van der Waals surface area contributed by atoms with E-state index in [0.29, 0.717) is 6.04 Å². The Hall–Kier alpha value is -1.35. The number of hydrogen-bond donors (Lipinski definition) is 1. The molecule has 1 N–H and O–H groups in total. The average Bonchev–Trinajstić information content (AvgIpc) is 2.16. The number of nitrogens with zero attached hydrogens (tertiary/aromatic N) is 1.